The van der Waals surface area contributed by atoms with Gasteiger partial charge in [0.1, 0.15) is 17.0 Å². The number of carbonyl (C=O) groups is 1. The highest BCUT2D eigenvalue weighted by molar-refractivity contribution is 6.00. The predicted octanol–water partition coefficient (Wildman–Crippen LogP) is 3.61. The first-order chi connectivity index (χ1) is 12.6. The Hall–Kier alpha value is -3.09. The molecule has 1 heterocycles. The van der Waals surface area contributed by atoms with E-state index in [1.165, 1.54) is 30.3 Å². The monoisotopic (exact) mass is 355 g/mol. The van der Waals surface area contributed by atoms with Gasteiger partial charge in [0.2, 0.25) is 17.7 Å². The van der Waals surface area contributed by atoms with Crippen LogP contribution in [0.25, 0.3) is 0 Å². The lowest BCUT2D eigenvalue weighted by Gasteiger charge is -2.11. The van der Waals surface area contributed by atoms with Crippen molar-refractivity contribution in [2.24, 2.45) is 0 Å². The van der Waals surface area contributed by atoms with Crippen LogP contribution in [-0.2, 0) is 16.6 Å². The molecule has 1 amide bonds. The maximum atomic E-state index is 13.7. The fraction of sp³-hybridized carbons (Fsp3) is 0.211. The molecular weight excluding hydrogens is 340 g/mol. The number of halogens is 2. The standard InChI is InChI=1S/C19H15F2N3O2/c20-13-5-7-14(8-6-13)22-17(25)19(9-10-19)18-24-23-16(26-18)11-12-3-1-2-4-15(12)21/h1-8H,9-11H2,(H,22,25). The van der Waals surface area contributed by atoms with Gasteiger partial charge in [-0.2, -0.15) is 0 Å². The molecule has 7 heteroatoms. The summed E-state index contributed by atoms with van der Waals surface area (Å²) < 4.78 is 32.4. The average Bonchev–Trinajstić information content (AvgIpc) is 3.32. The number of nitrogens with zero attached hydrogens (tertiary/aromatic N) is 2. The van der Waals surface area contributed by atoms with Gasteiger partial charge in [-0.1, -0.05) is 18.2 Å². The van der Waals surface area contributed by atoms with E-state index in [0.29, 0.717) is 24.1 Å². The van der Waals surface area contributed by atoms with Crippen LogP contribution in [0, 0.1) is 11.6 Å². The molecule has 132 valence electrons. The minimum atomic E-state index is -0.866. The van der Waals surface area contributed by atoms with Gasteiger partial charge in [0.15, 0.2) is 0 Å². The Kier molecular flexibility index (Phi) is 3.99. The number of anilines is 1. The molecule has 0 saturated heterocycles. The molecule has 1 fully saturated rings. The second kappa shape index (κ2) is 6.33. The van der Waals surface area contributed by atoms with E-state index in [0.717, 1.165) is 0 Å². The number of carbonyl (C=O) groups excluding carboxylic acids is 1. The molecule has 2 aromatic carbocycles. The minimum absolute atomic E-state index is 0.162. The Morgan fingerprint density at radius 3 is 2.50 bits per heavy atom. The van der Waals surface area contributed by atoms with Gasteiger partial charge in [0, 0.05) is 5.69 Å². The van der Waals surface area contributed by atoms with E-state index < -0.39 is 5.41 Å². The SMILES string of the molecule is O=C(Nc1ccc(F)cc1)C1(c2nnc(Cc3ccccc3F)o2)CC1. The molecule has 1 N–H and O–H groups in total. The summed E-state index contributed by atoms with van der Waals surface area (Å²) in [4.78, 5) is 12.6. The number of amides is 1. The van der Waals surface area contributed by atoms with Crippen LogP contribution in [-0.4, -0.2) is 16.1 Å². The number of rotatable bonds is 5. The third kappa shape index (κ3) is 3.08. The van der Waals surface area contributed by atoms with E-state index in [1.54, 1.807) is 18.2 Å². The van der Waals surface area contributed by atoms with Crippen molar-refractivity contribution >= 4 is 11.6 Å². The van der Waals surface area contributed by atoms with Crippen molar-refractivity contribution in [3.8, 4) is 0 Å². The predicted molar refractivity (Wildman–Crippen MR) is 89.4 cm³/mol. The van der Waals surface area contributed by atoms with Crippen LogP contribution in [0.15, 0.2) is 52.9 Å². The highest BCUT2D eigenvalue weighted by Crippen LogP contribution is 2.48. The zero-order valence-corrected chi connectivity index (χ0v) is 13.7. The van der Waals surface area contributed by atoms with Crippen LogP contribution < -0.4 is 5.32 Å². The van der Waals surface area contributed by atoms with Crippen molar-refractivity contribution in [3.05, 3.63) is 77.5 Å². The Morgan fingerprint density at radius 1 is 1.08 bits per heavy atom. The molecule has 1 saturated carbocycles. The van der Waals surface area contributed by atoms with Crippen LogP contribution >= 0.6 is 0 Å². The molecule has 3 aromatic rings. The van der Waals surface area contributed by atoms with Gasteiger partial charge >= 0.3 is 0 Å². The zero-order chi connectivity index (χ0) is 18.1. The van der Waals surface area contributed by atoms with Gasteiger partial charge in [-0.3, -0.25) is 4.79 Å². The Balaban J connectivity index is 1.50. The molecule has 26 heavy (non-hydrogen) atoms. The fourth-order valence-electron chi connectivity index (χ4n) is 2.77. The highest BCUT2D eigenvalue weighted by atomic mass is 19.1. The summed E-state index contributed by atoms with van der Waals surface area (Å²) in [7, 11) is 0. The number of nitrogens with one attached hydrogen (secondary N) is 1. The molecule has 0 radical (unpaired) electrons. The van der Waals surface area contributed by atoms with Crippen molar-refractivity contribution in [3.63, 3.8) is 0 Å². The van der Waals surface area contributed by atoms with Gasteiger partial charge in [0.05, 0.1) is 6.42 Å². The van der Waals surface area contributed by atoms with Crippen molar-refractivity contribution in [2.45, 2.75) is 24.7 Å². The first kappa shape index (κ1) is 16.4. The summed E-state index contributed by atoms with van der Waals surface area (Å²) in [5, 5.41) is 10.7. The summed E-state index contributed by atoms with van der Waals surface area (Å²) >= 11 is 0. The van der Waals surface area contributed by atoms with Gasteiger partial charge in [0.25, 0.3) is 0 Å². The largest absolute Gasteiger partial charge is 0.424 e. The highest BCUT2D eigenvalue weighted by Gasteiger charge is 2.56. The molecule has 0 unspecified atom stereocenters. The van der Waals surface area contributed by atoms with Gasteiger partial charge in [-0.15, -0.1) is 10.2 Å². The van der Waals surface area contributed by atoms with E-state index in [2.05, 4.69) is 15.5 Å². The van der Waals surface area contributed by atoms with Gasteiger partial charge in [-0.25, -0.2) is 8.78 Å². The molecule has 4 rings (SSSR count). The molecular formula is C19H15F2N3O2. The second-order valence-electron chi connectivity index (χ2n) is 6.31. The quantitative estimate of drug-likeness (QED) is 0.759. The fourth-order valence-corrected chi connectivity index (χ4v) is 2.77. The lowest BCUT2D eigenvalue weighted by atomic mass is 10.1. The average molecular weight is 355 g/mol. The van der Waals surface area contributed by atoms with E-state index in [4.69, 9.17) is 4.42 Å². The molecule has 0 atom stereocenters. The maximum absolute atomic E-state index is 13.7. The first-order valence-electron chi connectivity index (χ1n) is 8.20. The van der Waals surface area contributed by atoms with Crippen molar-refractivity contribution in [1.82, 2.24) is 10.2 Å². The topological polar surface area (TPSA) is 68.0 Å². The number of benzene rings is 2. The van der Waals surface area contributed by atoms with Crippen LogP contribution in [0.1, 0.15) is 30.2 Å². The van der Waals surface area contributed by atoms with Gasteiger partial charge in [-0.05, 0) is 48.7 Å². The Bertz CT molecular complexity index is 949. The molecule has 1 aliphatic rings. The van der Waals surface area contributed by atoms with E-state index in [1.807, 2.05) is 0 Å². The van der Waals surface area contributed by atoms with Crippen molar-refractivity contribution in [1.29, 1.82) is 0 Å². The molecule has 0 aliphatic heterocycles. The summed E-state index contributed by atoms with van der Waals surface area (Å²) in [5.41, 5.74) is 0.0755. The van der Waals surface area contributed by atoms with Crippen molar-refractivity contribution < 1.29 is 18.0 Å². The minimum Gasteiger partial charge on any atom is -0.424 e. The van der Waals surface area contributed by atoms with Crippen LogP contribution in [0.3, 0.4) is 0 Å². The van der Waals surface area contributed by atoms with Crippen molar-refractivity contribution in [2.75, 3.05) is 5.32 Å². The molecule has 5 nitrogen and oxygen atoms in total. The lowest BCUT2D eigenvalue weighted by molar-refractivity contribution is -0.119. The number of hydrogen-bond donors (Lipinski definition) is 1. The van der Waals surface area contributed by atoms with E-state index in [-0.39, 0.29) is 35.7 Å². The summed E-state index contributed by atoms with van der Waals surface area (Å²) in [6.07, 6.45) is 1.33. The maximum Gasteiger partial charge on any atom is 0.240 e. The van der Waals surface area contributed by atoms with E-state index in [9.17, 15) is 13.6 Å². The third-order valence-electron chi connectivity index (χ3n) is 4.46. The Labute approximate surface area is 148 Å². The molecule has 0 spiro atoms. The smallest absolute Gasteiger partial charge is 0.240 e. The third-order valence-corrected chi connectivity index (χ3v) is 4.46. The van der Waals surface area contributed by atoms with Crippen LogP contribution in [0.2, 0.25) is 0 Å². The Morgan fingerprint density at radius 2 is 1.81 bits per heavy atom. The summed E-state index contributed by atoms with van der Waals surface area (Å²) in [6, 6.07) is 11.9. The van der Waals surface area contributed by atoms with Crippen LogP contribution in [0.5, 0.6) is 0 Å². The van der Waals surface area contributed by atoms with Crippen LogP contribution in [0.4, 0.5) is 14.5 Å². The summed E-state index contributed by atoms with van der Waals surface area (Å²) in [6.45, 7) is 0. The lowest BCUT2D eigenvalue weighted by Crippen LogP contribution is -2.28. The second-order valence-corrected chi connectivity index (χ2v) is 6.31. The first-order valence-corrected chi connectivity index (χ1v) is 8.20. The normalized spacial score (nSPS) is 14.8. The molecule has 0 bridgehead atoms. The number of aromatic nitrogens is 2. The molecule has 1 aliphatic carbocycles. The zero-order valence-electron chi connectivity index (χ0n) is 13.7. The summed E-state index contributed by atoms with van der Waals surface area (Å²) in [5.74, 6) is -0.513. The van der Waals surface area contributed by atoms with E-state index >= 15 is 0 Å². The molecule has 1 aromatic heterocycles. The van der Waals surface area contributed by atoms with Gasteiger partial charge < -0.3 is 9.73 Å². The number of hydrogen-bond acceptors (Lipinski definition) is 4.